The first-order valence-corrected chi connectivity index (χ1v) is 8.37. The van der Waals surface area contributed by atoms with Crippen LogP contribution in [-0.4, -0.2) is 23.1 Å². The number of alkyl halides is 1. The van der Waals surface area contributed by atoms with Crippen molar-refractivity contribution >= 4 is 17.3 Å². The Balaban J connectivity index is 1.83. The predicted octanol–water partition coefficient (Wildman–Crippen LogP) is 3.97. The van der Waals surface area contributed by atoms with E-state index in [1.165, 1.54) is 31.4 Å². The van der Waals surface area contributed by atoms with Gasteiger partial charge in [-0.15, -0.1) is 11.6 Å². The molecule has 3 rings (SSSR count). The van der Waals surface area contributed by atoms with E-state index in [0.29, 0.717) is 11.8 Å². The van der Waals surface area contributed by atoms with E-state index < -0.39 is 0 Å². The van der Waals surface area contributed by atoms with E-state index in [2.05, 4.69) is 28.7 Å². The minimum Gasteiger partial charge on any atom is -0.368 e. The van der Waals surface area contributed by atoms with Gasteiger partial charge in [-0.2, -0.15) is 0 Å². The van der Waals surface area contributed by atoms with E-state index >= 15 is 0 Å². The Morgan fingerprint density at radius 1 is 1.20 bits per heavy atom. The van der Waals surface area contributed by atoms with E-state index in [1.807, 2.05) is 6.20 Å². The molecule has 20 heavy (non-hydrogen) atoms. The Morgan fingerprint density at radius 2 is 1.80 bits per heavy atom. The summed E-state index contributed by atoms with van der Waals surface area (Å²) < 4.78 is 0. The highest BCUT2D eigenvalue weighted by Crippen LogP contribution is 2.36. The molecule has 0 aromatic carbocycles. The number of nitrogens with zero attached hydrogens (tertiary/aromatic N) is 3. The van der Waals surface area contributed by atoms with Gasteiger partial charge >= 0.3 is 0 Å². The first-order chi connectivity index (χ1) is 9.67. The highest BCUT2D eigenvalue weighted by molar-refractivity contribution is 6.17. The molecule has 0 saturated heterocycles. The van der Waals surface area contributed by atoms with Crippen LogP contribution in [0.25, 0.3) is 0 Å². The molecule has 2 aliphatic carbocycles. The van der Waals surface area contributed by atoms with Gasteiger partial charge in [0.25, 0.3) is 0 Å². The summed E-state index contributed by atoms with van der Waals surface area (Å²) in [6, 6.07) is 0. The normalized spacial score (nSPS) is 18.6. The SMILES string of the molecule is CC(C)c1ncc(N(CC2CC2)CC2CC2)c(CCl)n1. The molecule has 1 aromatic rings. The van der Waals surface area contributed by atoms with Gasteiger partial charge in [-0.05, 0) is 37.5 Å². The van der Waals surface area contributed by atoms with Crippen molar-refractivity contribution in [3.8, 4) is 0 Å². The van der Waals surface area contributed by atoms with Crippen LogP contribution in [0.15, 0.2) is 6.20 Å². The van der Waals surface area contributed by atoms with Crippen LogP contribution in [0, 0.1) is 11.8 Å². The van der Waals surface area contributed by atoms with Crippen LogP contribution in [0.4, 0.5) is 5.69 Å². The number of halogens is 1. The molecule has 2 aliphatic rings. The maximum absolute atomic E-state index is 6.14. The van der Waals surface area contributed by atoms with Crippen molar-refractivity contribution in [1.29, 1.82) is 0 Å². The van der Waals surface area contributed by atoms with Crippen LogP contribution in [0.5, 0.6) is 0 Å². The van der Waals surface area contributed by atoms with E-state index in [-0.39, 0.29) is 0 Å². The zero-order valence-corrected chi connectivity index (χ0v) is 13.2. The molecule has 3 nitrogen and oxygen atoms in total. The fourth-order valence-electron chi connectivity index (χ4n) is 2.56. The van der Waals surface area contributed by atoms with Crippen molar-refractivity contribution < 1.29 is 0 Å². The number of aromatic nitrogens is 2. The number of hydrogen-bond donors (Lipinski definition) is 0. The zero-order chi connectivity index (χ0) is 14.1. The molecule has 0 spiro atoms. The molecule has 0 bridgehead atoms. The minimum absolute atomic E-state index is 0.353. The summed E-state index contributed by atoms with van der Waals surface area (Å²) in [6.45, 7) is 6.56. The van der Waals surface area contributed by atoms with Crippen LogP contribution >= 0.6 is 11.6 Å². The summed E-state index contributed by atoms with van der Waals surface area (Å²) in [7, 11) is 0. The van der Waals surface area contributed by atoms with E-state index in [4.69, 9.17) is 11.6 Å². The lowest BCUT2D eigenvalue weighted by atomic mass is 10.2. The predicted molar refractivity (Wildman–Crippen MR) is 83.3 cm³/mol. The second-order valence-electron chi connectivity index (χ2n) is 6.64. The van der Waals surface area contributed by atoms with Crippen LogP contribution < -0.4 is 4.90 Å². The van der Waals surface area contributed by atoms with E-state index in [9.17, 15) is 0 Å². The lowest BCUT2D eigenvalue weighted by molar-refractivity contribution is 0.669. The van der Waals surface area contributed by atoms with Gasteiger partial charge < -0.3 is 4.90 Å². The number of anilines is 1. The van der Waals surface area contributed by atoms with Gasteiger partial charge in [-0.3, -0.25) is 0 Å². The van der Waals surface area contributed by atoms with Gasteiger partial charge in [0.2, 0.25) is 0 Å². The number of rotatable bonds is 7. The highest BCUT2D eigenvalue weighted by Gasteiger charge is 2.30. The fraction of sp³-hybridized carbons (Fsp3) is 0.750. The lowest BCUT2D eigenvalue weighted by Gasteiger charge is -2.26. The quantitative estimate of drug-likeness (QED) is 0.713. The smallest absolute Gasteiger partial charge is 0.131 e. The summed E-state index contributed by atoms with van der Waals surface area (Å²) in [5.41, 5.74) is 2.18. The van der Waals surface area contributed by atoms with Gasteiger partial charge in [0, 0.05) is 19.0 Å². The molecule has 0 amide bonds. The third kappa shape index (κ3) is 3.43. The maximum Gasteiger partial charge on any atom is 0.131 e. The molecular weight excluding hydrogens is 270 g/mol. The first-order valence-electron chi connectivity index (χ1n) is 7.84. The molecule has 0 unspecified atom stereocenters. The zero-order valence-electron chi connectivity index (χ0n) is 12.5. The fourth-order valence-corrected chi connectivity index (χ4v) is 2.76. The third-order valence-corrected chi connectivity index (χ3v) is 4.45. The highest BCUT2D eigenvalue weighted by atomic mass is 35.5. The van der Waals surface area contributed by atoms with Crippen LogP contribution in [0.2, 0.25) is 0 Å². The number of hydrogen-bond acceptors (Lipinski definition) is 3. The Bertz CT molecular complexity index is 453. The summed E-state index contributed by atoms with van der Waals surface area (Å²) in [4.78, 5) is 11.7. The topological polar surface area (TPSA) is 29.0 Å². The standard InChI is InChI=1S/C16H24ClN3/c1-11(2)16-18-8-15(14(7-17)19-16)20(9-12-3-4-12)10-13-5-6-13/h8,11-13H,3-7,9-10H2,1-2H3. The Hall–Kier alpha value is -0.830. The molecular formula is C16H24ClN3. The second kappa shape index (κ2) is 5.88. The Morgan fingerprint density at radius 3 is 2.25 bits per heavy atom. The molecule has 0 N–H and O–H groups in total. The summed E-state index contributed by atoms with van der Waals surface area (Å²) in [5, 5.41) is 0. The van der Waals surface area contributed by atoms with Gasteiger partial charge in [0.15, 0.2) is 0 Å². The van der Waals surface area contributed by atoms with Gasteiger partial charge in [-0.1, -0.05) is 13.8 Å². The third-order valence-electron chi connectivity index (χ3n) is 4.20. The molecule has 4 heteroatoms. The van der Waals surface area contributed by atoms with Crippen LogP contribution in [0.3, 0.4) is 0 Å². The van der Waals surface area contributed by atoms with E-state index in [1.54, 1.807) is 0 Å². The molecule has 0 aliphatic heterocycles. The van der Waals surface area contributed by atoms with Crippen molar-refractivity contribution in [2.24, 2.45) is 11.8 Å². The van der Waals surface area contributed by atoms with Crippen molar-refractivity contribution in [1.82, 2.24) is 9.97 Å². The lowest BCUT2D eigenvalue weighted by Crippen LogP contribution is -2.29. The van der Waals surface area contributed by atoms with Crippen molar-refractivity contribution in [3.05, 3.63) is 17.7 Å². The van der Waals surface area contributed by atoms with E-state index in [0.717, 1.165) is 36.4 Å². The van der Waals surface area contributed by atoms with Crippen LogP contribution in [0.1, 0.15) is 57.0 Å². The van der Waals surface area contributed by atoms with Crippen molar-refractivity contribution in [2.75, 3.05) is 18.0 Å². The summed E-state index contributed by atoms with van der Waals surface area (Å²) in [5.74, 6) is 3.49. The molecule has 110 valence electrons. The van der Waals surface area contributed by atoms with Gasteiger partial charge in [-0.25, -0.2) is 9.97 Å². The monoisotopic (exact) mass is 293 g/mol. The van der Waals surface area contributed by atoms with Gasteiger partial charge in [0.05, 0.1) is 23.5 Å². The van der Waals surface area contributed by atoms with Crippen molar-refractivity contribution in [2.45, 2.75) is 51.3 Å². The van der Waals surface area contributed by atoms with Gasteiger partial charge in [0.1, 0.15) is 5.82 Å². The summed E-state index contributed by atoms with van der Waals surface area (Å²) in [6.07, 6.45) is 7.51. The molecule has 0 atom stereocenters. The average molecular weight is 294 g/mol. The second-order valence-corrected chi connectivity index (χ2v) is 6.91. The largest absolute Gasteiger partial charge is 0.368 e. The molecule has 2 fully saturated rings. The molecule has 2 saturated carbocycles. The summed E-state index contributed by atoms with van der Waals surface area (Å²) >= 11 is 6.14. The average Bonchev–Trinajstić information content (AvgIpc) is 3.32. The minimum atomic E-state index is 0.353. The van der Waals surface area contributed by atoms with Crippen LogP contribution in [-0.2, 0) is 5.88 Å². The maximum atomic E-state index is 6.14. The first kappa shape index (κ1) is 14.1. The Kier molecular flexibility index (Phi) is 4.16. The molecule has 1 aromatic heterocycles. The molecule has 1 heterocycles. The molecule has 0 radical (unpaired) electrons. The Labute approximate surface area is 126 Å². The van der Waals surface area contributed by atoms with Crippen molar-refractivity contribution in [3.63, 3.8) is 0 Å².